The molecule has 1 saturated carbocycles. The Morgan fingerprint density at radius 3 is 2.67 bits per heavy atom. The van der Waals surface area contributed by atoms with Gasteiger partial charge in [0.1, 0.15) is 0 Å². The van der Waals surface area contributed by atoms with E-state index in [2.05, 4.69) is 5.32 Å². The third-order valence-corrected chi connectivity index (χ3v) is 6.04. The van der Waals surface area contributed by atoms with Gasteiger partial charge in [0.2, 0.25) is 11.8 Å². The van der Waals surface area contributed by atoms with Crippen molar-refractivity contribution in [3.05, 3.63) is 29.3 Å². The number of benzene rings is 1. The van der Waals surface area contributed by atoms with Crippen LogP contribution >= 0.6 is 23.4 Å². The minimum atomic E-state index is -0.182. The highest BCUT2D eigenvalue weighted by molar-refractivity contribution is 7.99. The van der Waals surface area contributed by atoms with E-state index >= 15 is 0 Å². The molecule has 1 aromatic carbocycles. The van der Waals surface area contributed by atoms with Gasteiger partial charge in [-0.2, -0.15) is 0 Å². The maximum atomic E-state index is 12.3. The second kappa shape index (κ2) is 8.26. The number of hydrogen-bond donors (Lipinski definition) is 1. The minimum Gasteiger partial charge on any atom is -0.355 e. The van der Waals surface area contributed by atoms with Gasteiger partial charge in [0.15, 0.2) is 0 Å². The summed E-state index contributed by atoms with van der Waals surface area (Å²) in [6.45, 7) is 1.21. The maximum absolute atomic E-state index is 12.3. The number of nitrogens with one attached hydrogen (secondary N) is 1. The van der Waals surface area contributed by atoms with E-state index in [4.69, 9.17) is 11.6 Å². The molecule has 2 aliphatic rings. The maximum Gasteiger partial charge on any atom is 0.225 e. The summed E-state index contributed by atoms with van der Waals surface area (Å²) in [4.78, 5) is 27.5. The molecule has 1 saturated heterocycles. The van der Waals surface area contributed by atoms with Crippen molar-refractivity contribution in [3.63, 3.8) is 0 Å². The molecule has 24 heavy (non-hydrogen) atoms. The lowest BCUT2D eigenvalue weighted by molar-refractivity contribution is -0.130. The standard InChI is InChI=1S/C18H23ClN2O2S/c19-14-5-7-16(8-6-14)24-10-9-20-18(23)13-11-17(22)21(12-13)15-3-1-2-4-15/h5-8,13,15H,1-4,9-12H2,(H,20,23). The molecule has 1 heterocycles. The Balaban J connectivity index is 1.39. The molecule has 130 valence electrons. The summed E-state index contributed by atoms with van der Waals surface area (Å²) in [7, 11) is 0. The van der Waals surface area contributed by atoms with Gasteiger partial charge in [0.25, 0.3) is 0 Å². The van der Waals surface area contributed by atoms with Gasteiger partial charge in [0, 0.05) is 41.2 Å². The normalized spacial score (nSPS) is 21.5. The lowest BCUT2D eigenvalue weighted by atomic mass is 10.1. The lowest BCUT2D eigenvalue weighted by Gasteiger charge is -2.23. The van der Waals surface area contributed by atoms with Crippen LogP contribution in [0, 0.1) is 5.92 Å². The highest BCUT2D eigenvalue weighted by Crippen LogP contribution is 2.29. The summed E-state index contributed by atoms with van der Waals surface area (Å²) in [6, 6.07) is 8.05. The van der Waals surface area contributed by atoms with E-state index < -0.39 is 0 Å². The van der Waals surface area contributed by atoms with Crippen LogP contribution in [-0.4, -0.2) is 41.6 Å². The van der Waals surface area contributed by atoms with Crippen LogP contribution in [0.1, 0.15) is 32.1 Å². The van der Waals surface area contributed by atoms with Crippen LogP contribution in [0.5, 0.6) is 0 Å². The van der Waals surface area contributed by atoms with Crippen LogP contribution in [-0.2, 0) is 9.59 Å². The molecule has 0 spiro atoms. The summed E-state index contributed by atoms with van der Waals surface area (Å²) in [5.41, 5.74) is 0. The molecule has 1 aromatic rings. The topological polar surface area (TPSA) is 49.4 Å². The van der Waals surface area contributed by atoms with Crippen molar-refractivity contribution in [1.82, 2.24) is 10.2 Å². The van der Waals surface area contributed by atoms with Gasteiger partial charge in [-0.15, -0.1) is 11.8 Å². The fourth-order valence-corrected chi connectivity index (χ4v) is 4.39. The number of carbonyl (C=O) groups excluding carboxylic acids is 2. The zero-order valence-electron chi connectivity index (χ0n) is 13.7. The first-order chi connectivity index (χ1) is 11.6. The van der Waals surface area contributed by atoms with Gasteiger partial charge in [-0.3, -0.25) is 9.59 Å². The van der Waals surface area contributed by atoms with Gasteiger partial charge < -0.3 is 10.2 Å². The van der Waals surface area contributed by atoms with Crippen LogP contribution < -0.4 is 5.32 Å². The van der Waals surface area contributed by atoms with E-state index in [9.17, 15) is 9.59 Å². The Bertz CT molecular complexity index is 587. The predicted octanol–water partition coefficient (Wildman–Crippen LogP) is 3.34. The zero-order chi connectivity index (χ0) is 16.9. The SMILES string of the molecule is O=C(NCCSc1ccc(Cl)cc1)C1CC(=O)N(C2CCCC2)C1. The van der Waals surface area contributed by atoms with E-state index in [0.717, 1.165) is 28.5 Å². The third-order valence-electron chi connectivity index (χ3n) is 4.78. The number of rotatable bonds is 6. The third kappa shape index (κ3) is 4.45. The number of likely N-dealkylation sites (tertiary alicyclic amines) is 1. The Morgan fingerprint density at radius 1 is 1.25 bits per heavy atom. The van der Waals surface area contributed by atoms with Crippen molar-refractivity contribution in [2.75, 3.05) is 18.8 Å². The first kappa shape index (κ1) is 17.6. The molecule has 0 aromatic heterocycles. The molecule has 0 bridgehead atoms. The number of thioether (sulfide) groups is 1. The Labute approximate surface area is 152 Å². The lowest BCUT2D eigenvalue weighted by Crippen LogP contribution is -2.37. The minimum absolute atomic E-state index is 0.0144. The molecule has 1 atom stereocenters. The van der Waals surface area contributed by atoms with Gasteiger partial charge >= 0.3 is 0 Å². The van der Waals surface area contributed by atoms with Crippen LogP contribution in [0.2, 0.25) is 5.02 Å². The first-order valence-corrected chi connectivity index (χ1v) is 9.95. The van der Waals surface area contributed by atoms with Gasteiger partial charge in [-0.25, -0.2) is 0 Å². The largest absolute Gasteiger partial charge is 0.355 e. The molecule has 2 amide bonds. The summed E-state index contributed by atoms with van der Waals surface area (Å²) in [5.74, 6) is 0.789. The Morgan fingerprint density at radius 2 is 1.96 bits per heavy atom. The molecule has 1 aliphatic carbocycles. The second-order valence-corrected chi connectivity index (χ2v) is 8.08. The summed E-state index contributed by atoms with van der Waals surface area (Å²) in [6.07, 6.45) is 4.96. The van der Waals surface area contributed by atoms with Crippen molar-refractivity contribution < 1.29 is 9.59 Å². The molecular weight excluding hydrogens is 344 g/mol. The van der Waals surface area contributed by atoms with E-state index in [1.807, 2.05) is 29.2 Å². The van der Waals surface area contributed by atoms with E-state index in [-0.39, 0.29) is 17.7 Å². The zero-order valence-corrected chi connectivity index (χ0v) is 15.2. The van der Waals surface area contributed by atoms with Crippen molar-refractivity contribution >= 4 is 35.2 Å². The fraction of sp³-hybridized carbons (Fsp3) is 0.556. The van der Waals surface area contributed by atoms with Crippen molar-refractivity contribution in [3.8, 4) is 0 Å². The number of hydrogen-bond acceptors (Lipinski definition) is 3. The molecule has 1 aliphatic heterocycles. The van der Waals surface area contributed by atoms with Crippen molar-refractivity contribution in [2.45, 2.75) is 43.0 Å². The fourth-order valence-electron chi connectivity index (χ4n) is 3.49. The summed E-state index contributed by atoms with van der Waals surface area (Å²) < 4.78 is 0. The van der Waals surface area contributed by atoms with E-state index in [0.29, 0.717) is 25.6 Å². The average molecular weight is 367 g/mol. The van der Waals surface area contributed by atoms with Crippen LogP contribution in [0.4, 0.5) is 0 Å². The number of halogens is 1. The van der Waals surface area contributed by atoms with Gasteiger partial charge in [-0.1, -0.05) is 24.4 Å². The average Bonchev–Trinajstić information content (AvgIpc) is 3.22. The van der Waals surface area contributed by atoms with Crippen LogP contribution in [0.15, 0.2) is 29.2 Å². The monoisotopic (exact) mass is 366 g/mol. The Hall–Kier alpha value is -1.20. The van der Waals surface area contributed by atoms with Crippen molar-refractivity contribution in [2.24, 2.45) is 5.92 Å². The predicted molar refractivity (Wildman–Crippen MR) is 97.3 cm³/mol. The smallest absolute Gasteiger partial charge is 0.225 e. The van der Waals surface area contributed by atoms with Crippen molar-refractivity contribution in [1.29, 1.82) is 0 Å². The molecule has 3 rings (SSSR count). The first-order valence-electron chi connectivity index (χ1n) is 8.59. The number of nitrogens with zero attached hydrogens (tertiary/aromatic N) is 1. The molecule has 2 fully saturated rings. The van der Waals surface area contributed by atoms with Crippen LogP contribution in [0.25, 0.3) is 0 Å². The molecule has 1 unspecified atom stereocenters. The molecule has 1 N–H and O–H groups in total. The Kier molecular flexibility index (Phi) is 6.06. The highest BCUT2D eigenvalue weighted by Gasteiger charge is 2.38. The second-order valence-electron chi connectivity index (χ2n) is 6.48. The molecule has 0 radical (unpaired) electrons. The highest BCUT2D eigenvalue weighted by atomic mass is 35.5. The van der Waals surface area contributed by atoms with E-state index in [1.54, 1.807) is 11.8 Å². The summed E-state index contributed by atoms with van der Waals surface area (Å²) >= 11 is 7.54. The summed E-state index contributed by atoms with van der Waals surface area (Å²) in [5, 5.41) is 3.70. The van der Waals surface area contributed by atoms with Gasteiger partial charge in [-0.05, 0) is 37.1 Å². The van der Waals surface area contributed by atoms with Gasteiger partial charge in [0.05, 0.1) is 5.92 Å². The van der Waals surface area contributed by atoms with E-state index in [1.165, 1.54) is 12.8 Å². The quantitative estimate of drug-likeness (QED) is 0.620. The van der Waals surface area contributed by atoms with Crippen LogP contribution in [0.3, 0.4) is 0 Å². The molecule has 4 nitrogen and oxygen atoms in total. The molecule has 6 heteroatoms. The number of carbonyl (C=O) groups is 2. The number of amides is 2. The molecular formula is C18H23ClN2O2S.